The van der Waals surface area contributed by atoms with E-state index in [4.69, 9.17) is 0 Å². The van der Waals surface area contributed by atoms with E-state index in [1.54, 1.807) is 19.1 Å². The molecular weight excluding hydrogens is 307 g/mol. The third-order valence-electron chi connectivity index (χ3n) is 4.36. The fraction of sp³-hybridized carbons (Fsp3) is 0.444. The molecule has 1 fully saturated rings. The van der Waals surface area contributed by atoms with Crippen LogP contribution in [0.1, 0.15) is 22.5 Å². The van der Waals surface area contributed by atoms with Crippen molar-refractivity contribution < 1.29 is 9.18 Å². The van der Waals surface area contributed by atoms with Gasteiger partial charge in [0.15, 0.2) is 0 Å². The average molecular weight is 330 g/mol. The molecule has 0 aliphatic carbocycles. The summed E-state index contributed by atoms with van der Waals surface area (Å²) in [5, 5.41) is 7.06. The predicted molar refractivity (Wildman–Crippen MR) is 92.7 cm³/mol. The van der Waals surface area contributed by atoms with E-state index < -0.39 is 0 Å². The SMILES string of the molecule is Cc1nc2cc(F)ccc2cc1C(=O)NCCCN1CCNCC1. The Bertz CT molecular complexity index is 728. The van der Waals surface area contributed by atoms with Crippen molar-refractivity contribution in [3.63, 3.8) is 0 Å². The molecule has 1 saturated heterocycles. The topological polar surface area (TPSA) is 57.3 Å². The number of fused-ring (bicyclic) bond motifs is 1. The quantitative estimate of drug-likeness (QED) is 0.820. The van der Waals surface area contributed by atoms with Crippen molar-refractivity contribution in [1.82, 2.24) is 20.5 Å². The number of benzene rings is 1. The second kappa shape index (κ2) is 7.68. The number of nitrogens with one attached hydrogen (secondary N) is 2. The van der Waals surface area contributed by atoms with Crippen molar-refractivity contribution >= 4 is 16.8 Å². The van der Waals surface area contributed by atoms with E-state index in [9.17, 15) is 9.18 Å². The lowest BCUT2D eigenvalue weighted by atomic mass is 10.1. The number of halogens is 1. The first-order valence-corrected chi connectivity index (χ1v) is 8.42. The molecule has 5 nitrogen and oxygen atoms in total. The monoisotopic (exact) mass is 330 g/mol. The van der Waals surface area contributed by atoms with Gasteiger partial charge < -0.3 is 15.5 Å². The van der Waals surface area contributed by atoms with Crippen LogP contribution in [0.3, 0.4) is 0 Å². The third kappa shape index (κ3) is 4.07. The molecule has 1 amide bonds. The number of hydrogen-bond donors (Lipinski definition) is 2. The van der Waals surface area contributed by atoms with Gasteiger partial charge in [-0.15, -0.1) is 0 Å². The Morgan fingerprint density at radius 1 is 1.33 bits per heavy atom. The molecule has 3 rings (SSSR count). The van der Waals surface area contributed by atoms with Gasteiger partial charge in [-0.25, -0.2) is 4.39 Å². The van der Waals surface area contributed by atoms with Crippen LogP contribution in [0.15, 0.2) is 24.3 Å². The Kier molecular flexibility index (Phi) is 5.37. The lowest BCUT2D eigenvalue weighted by Crippen LogP contribution is -2.44. The minimum absolute atomic E-state index is 0.119. The summed E-state index contributed by atoms with van der Waals surface area (Å²) in [4.78, 5) is 19.1. The Morgan fingerprint density at radius 3 is 2.92 bits per heavy atom. The van der Waals surface area contributed by atoms with E-state index in [0.717, 1.165) is 44.5 Å². The average Bonchev–Trinajstić information content (AvgIpc) is 2.58. The molecule has 1 aliphatic heterocycles. The molecule has 0 atom stereocenters. The molecule has 0 spiro atoms. The molecule has 6 heteroatoms. The molecule has 24 heavy (non-hydrogen) atoms. The van der Waals surface area contributed by atoms with Crippen LogP contribution in [0.2, 0.25) is 0 Å². The lowest BCUT2D eigenvalue weighted by Gasteiger charge is -2.27. The van der Waals surface area contributed by atoms with Gasteiger partial charge >= 0.3 is 0 Å². The van der Waals surface area contributed by atoms with Gasteiger partial charge in [0.1, 0.15) is 5.82 Å². The zero-order valence-corrected chi connectivity index (χ0v) is 13.9. The molecular formula is C18H23FN4O. The number of amides is 1. The molecule has 0 unspecified atom stereocenters. The van der Waals surface area contributed by atoms with Crippen LogP contribution in [0.5, 0.6) is 0 Å². The van der Waals surface area contributed by atoms with E-state index in [1.807, 2.05) is 0 Å². The number of aromatic nitrogens is 1. The van der Waals surface area contributed by atoms with Crippen LogP contribution < -0.4 is 10.6 Å². The van der Waals surface area contributed by atoms with Gasteiger partial charge in [0.2, 0.25) is 0 Å². The summed E-state index contributed by atoms with van der Waals surface area (Å²) in [5.41, 5.74) is 1.74. The van der Waals surface area contributed by atoms with Gasteiger partial charge in [-0.3, -0.25) is 9.78 Å². The van der Waals surface area contributed by atoms with Gasteiger partial charge in [-0.1, -0.05) is 0 Å². The number of aryl methyl sites for hydroxylation is 1. The zero-order valence-electron chi connectivity index (χ0n) is 13.9. The fourth-order valence-corrected chi connectivity index (χ4v) is 3.00. The number of carbonyl (C=O) groups is 1. The molecule has 2 aromatic rings. The van der Waals surface area contributed by atoms with E-state index in [2.05, 4.69) is 20.5 Å². The Hall–Kier alpha value is -2.05. The second-order valence-electron chi connectivity index (χ2n) is 6.16. The third-order valence-corrected chi connectivity index (χ3v) is 4.36. The second-order valence-corrected chi connectivity index (χ2v) is 6.16. The number of nitrogens with zero attached hydrogens (tertiary/aromatic N) is 2. The highest BCUT2D eigenvalue weighted by molar-refractivity contribution is 5.98. The molecule has 1 aromatic carbocycles. The molecule has 2 heterocycles. The van der Waals surface area contributed by atoms with E-state index >= 15 is 0 Å². The molecule has 128 valence electrons. The summed E-state index contributed by atoms with van der Waals surface area (Å²) >= 11 is 0. The molecule has 0 radical (unpaired) electrons. The number of piperazine rings is 1. The summed E-state index contributed by atoms with van der Waals surface area (Å²) in [6.07, 6.45) is 0.928. The molecule has 1 aliphatic rings. The summed E-state index contributed by atoms with van der Waals surface area (Å²) in [7, 11) is 0. The Morgan fingerprint density at radius 2 is 2.12 bits per heavy atom. The van der Waals surface area contributed by atoms with Crippen molar-refractivity contribution in [2.45, 2.75) is 13.3 Å². The summed E-state index contributed by atoms with van der Waals surface area (Å²) in [5.74, 6) is -0.439. The van der Waals surface area contributed by atoms with Crippen LogP contribution in [0.25, 0.3) is 10.9 Å². The van der Waals surface area contributed by atoms with Crippen LogP contribution in [0.4, 0.5) is 4.39 Å². The van der Waals surface area contributed by atoms with Crippen LogP contribution >= 0.6 is 0 Å². The summed E-state index contributed by atoms with van der Waals surface area (Å²) in [6.45, 7) is 7.63. The van der Waals surface area contributed by atoms with E-state index in [-0.39, 0.29) is 11.7 Å². The van der Waals surface area contributed by atoms with Crippen molar-refractivity contribution in [1.29, 1.82) is 0 Å². The Balaban J connectivity index is 1.57. The van der Waals surface area contributed by atoms with Gasteiger partial charge in [0.25, 0.3) is 5.91 Å². The van der Waals surface area contributed by atoms with Crippen LogP contribution in [-0.2, 0) is 0 Å². The summed E-state index contributed by atoms with van der Waals surface area (Å²) < 4.78 is 13.3. The minimum Gasteiger partial charge on any atom is -0.352 e. The standard InChI is InChI=1S/C18H23FN4O/c1-13-16(11-14-3-4-15(19)12-17(14)22-13)18(24)21-5-2-8-23-9-6-20-7-10-23/h3-4,11-12,20H,2,5-10H2,1H3,(H,21,24). The van der Waals surface area contributed by atoms with Gasteiger partial charge in [-0.2, -0.15) is 0 Å². The van der Waals surface area contributed by atoms with Gasteiger partial charge in [0, 0.05) is 44.2 Å². The maximum atomic E-state index is 13.3. The van der Waals surface area contributed by atoms with E-state index in [0.29, 0.717) is 23.3 Å². The number of carbonyl (C=O) groups excluding carboxylic acids is 1. The predicted octanol–water partition coefficient (Wildman–Crippen LogP) is 1.71. The maximum Gasteiger partial charge on any atom is 0.253 e. The first-order chi connectivity index (χ1) is 11.6. The minimum atomic E-state index is -0.320. The van der Waals surface area contributed by atoms with Gasteiger partial charge in [0.05, 0.1) is 16.8 Å². The molecule has 2 N–H and O–H groups in total. The van der Waals surface area contributed by atoms with Crippen molar-refractivity contribution in [2.75, 3.05) is 39.3 Å². The largest absolute Gasteiger partial charge is 0.352 e. The molecule has 0 saturated carbocycles. The highest BCUT2D eigenvalue weighted by Gasteiger charge is 2.12. The lowest BCUT2D eigenvalue weighted by molar-refractivity contribution is 0.0950. The zero-order chi connectivity index (χ0) is 16.9. The van der Waals surface area contributed by atoms with E-state index in [1.165, 1.54) is 12.1 Å². The van der Waals surface area contributed by atoms with Gasteiger partial charge in [-0.05, 0) is 38.1 Å². The Labute approximate surface area is 141 Å². The molecule has 1 aromatic heterocycles. The smallest absolute Gasteiger partial charge is 0.253 e. The normalized spacial score (nSPS) is 15.6. The first kappa shape index (κ1) is 16.8. The number of hydrogen-bond acceptors (Lipinski definition) is 4. The van der Waals surface area contributed by atoms with Crippen molar-refractivity contribution in [2.24, 2.45) is 0 Å². The highest BCUT2D eigenvalue weighted by Crippen LogP contribution is 2.17. The summed E-state index contributed by atoms with van der Waals surface area (Å²) in [6, 6.07) is 6.20. The van der Waals surface area contributed by atoms with Crippen molar-refractivity contribution in [3.05, 3.63) is 41.3 Å². The number of pyridine rings is 1. The van der Waals surface area contributed by atoms with Crippen LogP contribution in [-0.4, -0.2) is 55.1 Å². The molecule has 0 bridgehead atoms. The van der Waals surface area contributed by atoms with Crippen molar-refractivity contribution in [3.8, 4) is 0 Å². The maximum absolute atomic E-state index is 13.3. The fourth-order valence-electron chi connectivity index (χ4n) is 3.00. The van der Waals surface area contributed by atoms with Crippen LogP contribution in [0, 0.1) is 12.7 Å². The number of rotatable bonds is 5. The first-order valence-electron chi connectivity index (χ1n) is 8.42. The highest BCUT2D eigenvalue weighted by atomic mass is 19.1.